The van der Waals surface area contributed by atoms with E-state index in [0.29, 0.717) is 5.41 Å². The lowest BCUT2D eigenvalue weighted by molar-refractivity contribution is 0.118. The van der Waals surface area contributed by atoms with E-state index in [0.717, 1.165) is 11.8 Å². The normalized spacial score (nSPS) is 43.1. The van der Waals surface area contributed by atoms with Gasteiger partial charge in [0, 0.05) is 0 Å². The van der Waals surface area contributed by atoms with Crippen molar-refractivity contribution < 1.29 is 0 Å². The number of hydrogen-bond acceptors (Lipinski definition) is 0. The molecule has 0 saturated heterocycles. The zero-order valence-corrected chi connectivity index (χ0v) is 11.8. The third-order valence-electron chi connectivity index (χ3n) is 6.58. The molecule has 0 spiro atoms. The van der Waals surface area contributed by atoms with E-state index in [1.165, 1.54) is 64.2 Å². The molecular weight excluding hydrogens is 216 g/mol. The smallest absolute Gasteiger partial charge is 0.0161 e. The minimum absolute atomic E-state index is 0.713. The van der Waals surface area contributed by atoms with E-state index >= 15 is 0 Å². The predicted molar refractivity (Wildman–Crippen MR) is 76.4 cm³/mol. The first-order chi connectivity index (χ1) is 8.78. The second-order valence-corrected chi connectivity index (χ2v) is 7.42. The highest BCUT2D eigenvalue weighted by Gasteiger charge is 2.48. The Morgan fingerprint density at radius 2 is 2.00 bits per heavy atom. The van der Waals surface area contributed by atoms with Crippen LogP contribution in [0.5, 0.6) is 0 Å². The molecule has 0 amide bonds. The van der Waals surface area contributed by atoms with Gasteiger partial charge < -0.3 is 0 Å². The molecule has 0 aliphatic heterocycles. The molecule has 0 aromatic rings. The lowest BCUT2D eigenvalue weighted by Crippen LogP contribution is -2.36. The molecule has 0 aromatic carbocycles. The van der Waals surface area contributed by atoms with Crippen molar-refractivity contribution >= 4 is 0 Å². The van der Waals surface area contributed by atoms with Gasteiger partial charge >= 0.3 is 0 Å². The van der Waals surface area contributed by atoms with E-state index in [1.54, 1.807) is 5.57 Å². The van der Waals surface area contributed by atoms with Crippen molar-refractivity contribution in [3.05, 3.63) is 22.8 Å². The van der Waals surface area contributed by atoms with Crippen LogP contribution in [0.1, 0.15) is 71.1 Å². The Morgan fingerprint density at radius 3 is 2.94 bits per heavy atom. The summed E-state index contributed by atoms with van der Waals surface area (Å²) in [7, 11) is 0. The Labute approximate surface area is 112 Å². The summed E-state index contributed by atoms with van der Waals surface area (Å²) in [6.45, 7) is 2.60. The van der Waals surface area contributed by atoms with E-state index in [4.69, 9.17) is 0 Å². The molecule has 2 saturated carbocycles. The molecule has 3 atom stereocenters. The lowest BCUT2D eigenvalue weighted by Gasteiger charge is -2.47. The summed E-state index contributed by atoms with van der Waals surface area (Å²) in [4.78, 5) is 0. The lowest BCUT2D eigenvalue weighted by atomic mass is 9.58. The molecule has 2 fully saturated rings. The second-order valence-electron chi connectivity index (χ2n) is 7.42. The molecule has 0 aromatic heterocycles. The van der Waals surface area contributed by atoms with Gasteiger partial charge in [-0.05, 0) is 86.2 Å². The van der Waals surface area contributed by atoms with Crippen LogP contribution in [0.2, 0.25) is 0 Å². The molecule has 0 radical (unpaired) electrons. The summed E-state index contributed by atoms with van der Waals surface area (Å²) in [5, 5.41) is 0. The van der Waals surface area contributed by atoms with Crippen LogP contribution < -0.4 is 0 Å². The fourth-order valence-electron chi connectivity index (χ4n) is 5.63. The first-order valence-corrected chi connectivity index (χ1v) is 8.19. The molecule has 0 nitrogen and oxygen atoms in total. The Hall–Kier alpha value is -0.520. The first kappa shape index (κ1) is 11.3. The predicted octanol–water partition coefficient (Wildman–Crippen LogP) is 5.40. The zero-order chi connectivity index (χ0) is 12.2. The van der Waals surface area contributed by atoms with Crippen LogP contribution in [0.4, 0.5) is 0 Å². The van der Waals surface area contributed by atoms with Gasteiger partial charge in [-0.3, -0.25) is 0 Å². The first-order valence-electron chi connectivity index (χ1n) is 8.19. The van der Waals surface area contributed by atoms with Crippen molar-refractivity contribution in [2.45, 2.75) is 71.1 Å². The van der Waals surface area contributed by atoms with E-state index in [1.807, 2.05) is 11.1 Å². The highest BCUT2D eigenvalue weighted by molar-refractivity contribution is 5.42. The summed E-state index contributed by atoms with van der Waals surface area (Å²) in [5.41, 5.74) is 6.24. The minimum Gasteiger partial charge on any atom is -0.0810 e. The Balaban J connectivity index is 1.75. The molecule has 98 valence electrons. The SMILES string of the molecule is CC12CCCC1C1CCC3=CCCCC3=C1CC2. The van der Waals surface area contributed by atoms with Crippen molar-refractivity contribution in [2.24, 2.45) is 17.3 Å². The summed E-state index contributed by atoms with van der Waals surface area (Å²) in [6.07, 6.45) is 17.1. The van der Waals surface area contributed by atoms with Crippen LogP contribution in [0.25, 0.3) is 0 Å². The number of fused-ring (bicyclic) bond motifs is 4. The monoisotopic (exact) mass is 242 g/mol. The van der Waals surface area contributed by atoms with Crippen molar-refractivity contribution in [2.75, 3.05) is 0 Å². The molecule has 4 aliphatic carbocycles. The Morgan fingerprint density at radius 1 is 1.06 bits per heavy atom. The average Bonchev–Trinajstić information content (AvgIpc) is 2.80. The fraction of sp³-hybridized carbons (Fsp3) is 0.778. The average molecular weight is 242 g/mol. The van der Waals surface area contributed by atoms with Crippen LogP contribution in [0.3, 0.4) is 0 Å². The third kappa shape index (κ3) is 1.50. The van der Waals surface area contributed by atoms with E-state index < -0.39 is 0 Å². The largest absolute Gasteiger partial charge is 0.0810 e. The van der Waals surface area contributed by atoms with Gasteiger partial charge in [-0.1, -0.05) is 25.0 Å². The van der Waals surface area contributed by atoms with Crippen LogP contribution >= 0.6 is 0 Å². The molecule has 0 N–H and O–H groups in total. The van der Waals surface area contributed by atoms with E-state index in [-0.39, 0.29) is 0 Å². The van der Waals surface area contributed by atoms with E-state index in [2.05, 4.69) is 13.0 Å². The van der Waals surface area contributed by atoms with Gasteiger partial charge in [0.05, 0.1) is 0 Å². The van der Waals surface area contributed by atoms with Gasteiger partial charge in [-0.25, -0.2) is 0 Å². The van der Waals surface area contributed by atoms with Crippen LogP contribution in [-0.2, 0) is 0 Å². The van der Waals surface area contributed by atoms with Crippen molar-refractivity contribution in [1.82, 2.24) is 0 Å². The Bertz CT molecular complexity index is 425. The van der Waals surface area contributed by atoms with Crippen molar-refractivity contribution in [1.29, 1.82) is 0 Å². The quantitative estimate of drug-likeness (QED) is 0.533. The molecule has 0 heteroatoms. The number of rotatable bonds is 0. The third-order valence-corrected chi connectivity index (χ3v) is 6.58. The second kappa shape index (κ2) is 3.99. The highest BCUT2D eigenvalue weighted by Crippen LogP contribution is 2.59. The van der Waals surface area contributed by atoms with Crippen LogP contribution in [0.15, 0.2) is 22.8 Å². The van der Waals surface area contributed by atoms with Gasteiger partial charge in [0.15, 0.2) is 0 Å². The highest BCUT2D eigenvalue weighted by atomic mass is 14.5. The molecule has 4 rings (SSSR count). The van der Waals surface area contributed by atoms with Gasteiger partial charge in [0.25, 0.3) is 0 Å². The summed E-state index contributed by atoms with van der Waals surface area (Å²) >= 11 is 0. The topological polar surface area (TPSA) is 0 Å². The van der Waals surface area contributed by atoms with E-state index in [9.17, 15) is 0 Å². The zero-order valence-electron chi connectivity index (χ0n) is 11.8. The molecule has 0 heterocycles. The molecular formula is C18H26. The van der Waals surface area contributed by atoms with Crippen molar-refractivity contribution in [3.63, 3.8) is 0 Å². The molecule has 3 unspecified atom stereocenters. The fourth-order valence-corrected chi connectivity index (χ4v) is 5.63. The molecule has 18 heavy (non-hydrogen) atoms. The van der Waals surface area contributed by atoms with Crippen LogP contribution in [0, 0.1) is 17.3 Å². The minimum atomic E-state index is 0.713. The van der Waals surface area contributed by atoms with Gasteiger partial charge in [0.2, 0.25) is 0 Å². The standard InChI is InChI=1S/C18H26/c1-18-11-4-7-17(18)16-9-8-13-5-2-3-6-14(13)15(16)10-12-18/h5,16-17H,2-4,6-12H2,1H3. The summed E-state index contributed by atoms with van der Waals surface area (Å²) in [5.74, 6) is 2.02. The van der Waals surface area contributed by atoms with Gasteiger partial charge in [-0.2, -0.15) is 0 Å². The Kier molecular flexibility index (Phi) is 2.51. The molecule has 0 bridgehead atoms. The maximum atomic E-state index is 2.60. The maximum absolute atomic E-state index is 2.60. The van der Waals surface area contributed by atoms with Crippen molar-refractivity contribution in [3.8, 4) is 0 Å². The molecule has 4 aliphatic rings. The van der Waals surface area contributed by atoms with Gasteiger partial charge in [0.1, 0.15) is 0 Å². The summed E-state index contributed by atoms with van der Waals surface area (Å²) < 4.78 is 0. The number of hydrogen-bond donors (Lipinski definition) is 0. The van der Waals surface area contributed by atoms with Crippen LogP contribution in [-0.4, -0.2) is 0 Å². The summed E-state index contributed by atoms with van der Waals surface area (Å²) in [6, 6.07) is 0. The van der Waals surface area contributed by atoms with Gasteiger partial charge in [-0.15, -0.1) is 0 Å². The number of allylic oxidation sites excluding steroid dienone is 4. The maximum Gasteiger partial charge on any atom is -0.0161 e.